The summed E-state index contributed by atoms with van der Waals surface area (Å²) in [6.45, 7) is 5.34. The second kappa shape index (κ2) is 7.58. The lowest BCUT2D eigenvalue weighted by molar-refractivity contribution is 0.331. The quantitative estimate of drug-likeness (QED) is 0.839. The van der Waals surface area contributed by atoms with Gasteiger partial charge in [0.2, 0.25) is 0 Å². The fourth-order valence-corrected chi connectivity index (χ4v) is 3.41. The molecule has 1 aromatic carbocycles. The average Bonchev–Trinajstić information content (AvgIpc) is 2.78. The van der Waals surface area contributed by atoms with Crippen molar-refractivity contribution in [3.63, 3.8) is 0 Å². The Kier molecular flexibility index (Phi) is 5.77. The highest BCUT2D eigenvalue weighted by atomic mass is 32.1. The number of benzene rings is 1. The number of rotatable bonds is 7. The molecule has 20 heavy (non-hydrogen) atoms. The van der Waals surface area contributed by atoms with E-state index >= 15 is 0 Å². The van der Waals surface area contributed by atoms with Crippen LogP contribution in [-0.2, 0) is 19.5 Å². The molecule has 1 aromatic heterocycles. The van der Waals surface area contributed by atoms with Crippen molar-refractivity contribution in [2.24, 2.45) is 0 Å². The van der Waals surface area contributed by atoms with Gasteiger partial charge in [-0.1, -0.05) is 30.3 Å². The van der Waals surface area contributed by atoms with Crippen LogP contribution in [0.2, 0.25) is 0 Å². The Labute approximate surface area is 126 Å². The molecule has 0 bridgehead atoms. The molecule has 0 unspecified atom stereocenters. The molecule has 1 N–H and O–H groups in total. The van der Waals surface area contributed by atoms with Crippen LogP contribution in [0.3, 0.4) is 0 Å². The van der Waals surface area contributed by atoms with Gasteiger partial charge in [0.05, 0.1) is 0 Å². The van der Waals surface area contributed by atoms with Crippen molar-refractivity contribution in [2.45, 2.75) is 26.4 Å². The zero-order valence-corrected chi connectivity index (χ0v) is 13.5. The molecule has 2 nitrogen and oxygen atoms in total. The topological polar surface area (TPSA) is 15.3 Å². The molecule has 0 radical (unpaired) electrons. The zero-order chi connectivity index (χ0) is 14.4. The van der Waals surface area contributed by atoms with Crippen molar-refractivity contribution in [3.8, 4) is 0 Å². The number of nitrogens with one attached hydrogen (secondary N) is 1. The molecule has 0 atom stereocenters. The van der Waals surface area contributed by atoms with E-state index < -0.39 is 0 Å². The highest BCUT2D eigenvalue weighted by Gasteiger charge is 2.08. The zero-order valence-electron chi connectivity index (χ0n) is 12.6. The molecule has 1 heterocycles. The number of nitrogens with zero attached hydrogens (tertiary/aromatic N) is 1. The van der Waals surface area contributed by atoms with E-state index in [-0.39, 0.29) is 0 Å². The number of hydrogen-bond donors (Lipinski definition) is 1. The molecule has 0 spiro atoms. The van der Waals surface area contributed by atoms with Crippen LogP contribution < -0.4 is 5.32 Å². The molecule has 0 aliphatic carbocycles. The standard InChI is InChI=1S/C17H24N2S/c1-14-16(11-17(20-14)12-18-2)13-19(3)10-9-15-7-5-4-6-8-15/h4-8,11,18H,9-10,12-13H2,1-3H3. The fourth-order valence-electron chi connectivity index (χ4n) is 2.34. The number of thiophene rings is 1. The Morgan fingerprint density at radius 1 is 1.20 bits per heavy atom. The summed E-state index contributed by atoms with van der Waals surface area (Å²) in [4.78, 5) is 5.28. The maximum Gasteiger partial charge on any atom is 0.0296 e. The van der Waals surface area contributed by atoms with Crippen LogP contribution in [0.25, 0.3) is 0 Å². The third kappa shape index (κ3) is 4.44. The molecule has 2 rings (SSSR count). The lowest BCUT2D eigenvalue weighted by Gasteiger charge is -2.16. The molecule has 0 saturated carbocycles. The van der Waals surface area contributed by atoms with Crippen LogP contribution in [0.15, 0.2) is 36.4 Å². The lowest BCUT2D eigenvalue weighted by atomic mass is 10.1. The van der Waals surface area contributed by atoms with Gasteiger partial charge in [0.1, 0.15) is 0 Å². The van der Waals surface area contributed by atoms with E-state index in [1.807, 2.05) is 18.4 Å². The van der Waals surface area contributed by atoms with E-state index in [1.54, 1.807) is 0 Å². The minimum atomic E-state index is 0.971. The van der Waals surface area contributed by atoms with Gasteiger partial charge >= 0.3 is 0 Å². The predicted molar refractivity (Wildman–Crippen MR) is 88.3 cm³/mol. The number of aryl methyl sites for hydroxylation is 1. The highest BCUT2D eigenvalue weighted by molar-refractivity contribution is 7.12. The molecule has 3 heteroatoms. The summed E-state index contributed by atoms with van der Waals surface area (Å²) in [7, 11) is 4.21. The molecular weight excluding hydrogens is 264 g/mol. The van der Waals surface area contributed by atoms with Crippen molar-refractivity contribution in [1.29, 1.82) is 0 Å². The largest absolute Gasteiger partial charge is 0.315 e. The normalized spacial score (nSPS) is 11.2. The van der Waals surface area contributed by atoms with Crippen molar-refractivity contribution >= 4 is 11.3 Å². The smallest absolute Gasteiger partial charge is 0.0296 e. The molecule has 0 aliphatic rings. The summed E-state index contributed by atoms with van der Waals surface area (Å²) in [5, 5.41) is 3.22. The summed E-state index contributed by atoms with van der Waals surface area (Å²) in [6, 6.07) is 13.1. The summed E-state index contributed by atoms with van der Waals surface area (Å²) in [5.74, 6) is 0. The van der Waals surface area contributed by atoms with Crippen molar-refractivity contribution in [3.05, 3.63) is 57.3 Å². The molecule has 0 fully saturated rings. The van der Waals surface area contributed by atoms with E-state index in [1.165, 1.54) is 20.9 Å². The molecule has 0 saturated heterocycles. The van der Waals surface area contributed by atoms with Crippen LogP contribution >= 0.6 is 11.3 Å². The number of likely N-dealkylation sites (N-methyl/N-ethyl adjacent to an activating group) is 1. The van der Waals surface area contributed by atoms with Gasteiger partial charge in [-0.2, -0.15) is 0 Å². The molecule has 108 valence electrons. The van der Waals surface area contributed by atoms with E-state index in [9.17, 15) is 0 Å². The van der Waals surface area contributed by atoms with Gasteiger partial charge in [0.15, 0.2) is 0 Å². The molecule has 0 aliphatic heterocycles. The van der Waals surface area contributed by atoms with Gasteiger partial charge in [0, 0.05) is 29.4 Å². The van der Waals surface area contributed by atoms with Gasteiger partial charge < -0.3 is 10.2 Å². The van der Waals surface area contributed by atoms with Crippen LogP contribution in [0, 0.1) is 6.92 Å². The predicted octanol–water partition coefficient (Wildman–Crippen LogP) is 3.45. The Bertz CT molecular complexity index is 519. The Morgan fingerprint density at radius 3 is 2.65 bits per heavy atom. The minimum Gasteiger partial charge on any atom is -0.315 e. The second-order valence-electron chi connectivity index (χ2n) is 5.30. The molecular formula is C17H24N2S. The first-order chi connectivity index (χ1) is 9.69. The first-order valence-corrected chi connectivity index (χ1v) is 7.96. The highest BCUT2D eigenvalue weighted by Crippen LogP contribution is 2.22. The summed E-state index contributed by atoms with van der Waals surface area (Å²) >= 11 is 1.91. The SMILES string of the molecule is CNCc1cc(CN(C)CCc2ccccc2)c(C)s1. The first-order valence-electron chi connectivity index (χ1n) is 7.14. The van der Waals surface area contributed by atoms with Gasteiger partial charge in [-0.25, -0.2) is 0 Å². The van der Waals surface area contributed by atoms with Crippen LogP contribution in [-0.4, -0.2) is 25.5 Å². The maximum atomic E-state index is 3.22. The second-order valence-corrected chi connectivity index (χ2v) is 6.64. The third-order valence-electron chi connectivity index (χ3n) is 3.49. The van der Waals surface area contributed by atoms with Crippen LogP contribution in [0.1, 0.15) is 20.9 Å². The first kappa shape index (κ1) is 15.2. The molecule has 2 aromatic rings. The summed E-state index contributed by atoms with van der Waals surface area (Å²) in [6.07, 6.45) is 1.11. The van der Waals surface area contributed by atoms with E-state index in [0.29, 0.717) is 0 Å². The van der Waals surface area contributed by atoms with Gasteiger partial charge in [-0.3, -0.25) is 0 Å². The van der Waals surface area contributed by atoms with Gasteiger partial charge in [-0.15, -0.1) is 11.3 Å². The Hall–Kier alpha value is -1.16. The Morgan fingerprint density at radius 2 is 1.95 bits per heavy atom. The van der Waals surface area contributed by atoms with Gasteiger partial charge in [0.25, 0.3) is 0 Å². The summed E-state index contributed by atoms with van der Waals surface area (Å²) < 4.78 is 0. The van der Waals surface area contributed by atoms with Crippen LogP contribution in [0.4, 0.5) is 0 Å². The third-order valence-corrected chi connectivity index (χ3v) is 4.58. The monoisotopic (exact) mass is 288 g/mol. The maximum absolute atomic E-state index is 3.22. The average molecular weight is 288 g/mol. The van der Waals surface area contributed by atoms with Crippen molar-refractivity contribution in [2.75, 3.05) is 20.6 Å². The van der Waals surface area contributed by atoms with Crippen molar-refractivity contribution in [1.82, 2.24) is 10.2 Å². The van der Waals surface area contributed by atoms with E-state index in [4.69, 9.17) is 0 Å². The van der Waals surface area contributed by atoms with E-state index in [0.717, 1.165) is 26.1 Å². The number of hydrogen-bond acceptors (Lipinski definition) is 3. The fraction of sp³-hybridized carbons (Fsp3) is 0.412. The molecule has 0 amide bonds. The van der Waals surface area contributed by atoms with Gasteiger partial charge in [-0.05, 0) is 44.6 Å². The Balaban J connectivity index is 1.86. The van der Waals surface area contributed by atoms with Crippen LogP contribution in [0.5, 0.6) is 0 Å². The minimum absolute atomic E-state index is 0.971. The summed E-state index contributed by atoms with van der Waals surface area (Å²) in [5.41, 5.74) is 2.88. The van der Waals surface area contributed by atoms with E-state index in [2.05, 4.69) is 60.6 Å². The van der Waals surface area contributed by atoms with Crippen molar-refractivity contribution < 1.29 is 0 Å². The lowest BCUT2D eigenvalue weighted by Crippen LogP contribution is -2.20.